The molecule has 1 saturated carbocycles. The van der Waals surface area contributed by atoms with E-state index in [9.17, 15) is 13.2 Å². The summed E-state index contributed by atoms with van der Waals surface area (Å²) >= 11 is 11.5. The summed E-state index contributed by atoms with van der Waals surface area (Å²) < 4.78 is 35.7. The fraction of sp³-hybridized carbons (Fsp3) is 1.00. The van der Waals surface area contributed by atoms with Gasteiger partial charge in [0.15, 0.2) is 0 Å². The van der Waals surface area contributed by atoms with Crippen LogP contribution >= 0.6 is 23.2 Å². The molecule has 0 N–H and O–H groups in total. The molecule has 1 aliphatic carbocycles. The Morgan fingerprint density at radius 1 is 1.23 bits per heavy atom. The molecule has 0 aromatic rings. The largest absolute Gasteiger partial charge is 0.391 e. The van der Waals surface area contributed by atoms with Gasteiger partial charge in [0.25, 0.3) is 0 Å². The molecule has 78 valence electrons. The topological polar surface area (TPSA) is 0 Å². The van der Waals surface area contributed by atoms with Crippen molar-refractivity contribution in [1.29, 1.82) is 0 Å². The van der Waals surface area contributed by atoms with E-state index in [-0.39, 0.29) is 0 Å². The van der Waals surface area contributed by atoms with E-state index in [0.29, 0.717) is 0 Å². The van der Waals surface area contributed by atoms with Crippen molar-refractivity contribution in [3.63, 3.8) is 0 Å². The standard InChI is InChI=1S/C8H11Cl2F3/c1-4(8(11,12)13)5-6(2,3)7(5,9)10/h4-5H,1-3H3. The molecule has 2 atom stereocenters. The summed E-state index contributed by atoms with van der Waals surface area (Å²) in [6.07, 6.45) is -4.21. The first-order valence-electron chi connectivity index (χ1n) is 3.97. The monoisotopic (exact) mass is 234 g/mol. The average Bonchev–Trinajstić information content (AvgIpc) is 2.21. The molecule has 1 fully saturated rings. The van der Waals surface area contributed by atoms with E-state index >= 15 is 0 Å². The zero-order chi connectivity index (χ0) is 10.7. The quantitative estimate of drug-likeness (QED) is 0.602. The van der Waals surface area contributed by atoms with Crippen molar-refractivity contribution in [2.45, 2.75) is 31.3 Å². The van der Waals surface area contributed by atoms with Crippen LogP contribution in [0.5, 0.6) is 0 Å². The Morgan fingerprint density at radius 3 is 1.62 bits per heavy atom. The van der Waals surface area contributed by atoms with Crippen molar-refractivity contribution in [1.82, 2.24) is 0 Å². The first-order chi connectivity index (χ1) is 5.53. The first kappa shape index (κ1) is 11.4. The molecule has 1 rings (SSSR count). The molecule has 0 heterocycles. The first-order valence-corrected chi connectivity index (χ1v) is 4.73. The van der Waals surface area contributed by atoms with E-state index in [2.05, 4.69) is 0 Å². The van der Waals surface area contributed by atoms with E-state index < -0.39 is 27.8 Å². The number of halogens is 5. The second-order valence-corrected chi connectivity index (χ2v) is 5.54. The normalized spacial score (nSPS) is 32.8. The van der Waals surface area contributed by atoms with E-state index in [1.807, 2.05) is 0 Å². The Bertz CT molecular complexity index is 206. The molecule has 0 radical (unpaired) electrons. The highest BCUT2D eigenvalue weighted by Gasteiger charge is 2.74. The molecule has 13 heavy (non-hydrogen) atoms. The predicted octanol–water partition coefficient (Wildman–Crippen LogP) is 4.01. The molecule has 0 aliphatic heterocycles. The van der Waals surface area contributed by atoms with Gasteiger partial charge >= 0.3 is 6.18 Å². The maximum Gasteiger partial charge on any atom is 0.391 e. The Hall–Kier alpha value is 0.370. The van der Waals surface area contributed by atoms with Crippen molar-refractivity contribution in [2.75, 3.05) is 0 Å². The van der Waals surface area contributed by atoms with Crippen LogP contribution in [0.3, 0.4) is 0 Å². The van der Waals surface area contributed by atoms with E-state index in [0.717, 1.165) is 6.92 Å². The Kier molecular flexibility index (Phi) is 2.37. The van der Waals surface area contributed by atoms with Gasteiger partial charge in [0.2, 0.25) is 0 Å². The van der Waals surface area contributed by atoms with Gasteiger partial charge in [0, 0.05) is 11.3 Å². The van der Waals surface area contributed by atoms with Crippen molar-refractivity contribution in [2.24, 2.45) is 17.3 Å². The van der Waals surface area contributed by atoms with Gasteiger partial charge < -0.3 is 0 Å². The lowest BCUT2D eigenvalue weighted by atomic mass is 9.99. The summed E-state index contributed by atoms with van der Waals surface area (Å²) in [4.78, 5) is 0. The minimum atomic E-state index is -4.21. The van der Waals surface area contributed by atoms with Crippen LogP contribution in [0, 0.1) is 17.3 Å². The van der Waals surface area contributed by atoms with Crippen LogP contribution < -0.4 is 0 Å². The van der Waals surface area contributed by atoms with Gasteiger partial charge in [-0.25, -0.2) is 0 Å². The zero-order valence-electron chi connectivity index (χ0n) is 7.54. The lowest BCUT2D eigenvalue weighted by Crippen LogP contribution is -2.24. The van der Waals surface area contributed by atoms with Gasteiger partial charge in [0.1, 0.15) is 4.33 Å². The van der Waals surface area contributed by atoms with Gasteiger partial charge in [-0.2, -0.15) is 13.2 Å². The maximum absolute atomic E-state index is 12.3. The van der Waals surface area contributed by atoms with Crippen LogP contribution in [0.25, 0.3) is 0 Å². The highest BCUT2D eigenvalue weighted by molar-refractivity contribution is 6.51. The van der Waals surface area contributed by atoms with Crippen LogP contribution in [0.2, 0.25) is 0 Å². The van der Waals surface area contributed by atoms with Crippen molar-refractivity contribution >= 4 is 23.2 Å². The van der Waals surface area contributed by atoms with E-state index in [1.54, 1.807) is 13.8 Å². The molecule has 1 aliphatic rings. The Balaban J connectivity index is 2.80. The highest BCUT2D eigenvalue weighted by atomic mass is 35.5. The number of hydrogen-bond donors (Lipinski definition) is 0. The highest BCUT2D eigenvalue weighted by Crippen LogP contribution is 2.72. The molecule has 0 spiro atoms. The zero-order valence-corrected chi connectivity index (χ0v) is 9.06. The summed E-state index contributed by atoms with van der Waals surface area (Å²) in [6.45, 7) is 4.43. The van der Waals surface area contributed by atoms with Crippen molar-refractivity contribution in [3.05, 3.63) is 0 Å². The van der Waals surface area contributed by atoms with Crippen molar-refractivity contribution in [3.8, 4) is 0 Å². The van der Waals surface area contributed by atoms with Crippen LogP contribution in [0.15, 0.2) is 0 Å². The third-order valence-electron chi connectivity index (χ3n) is 2.96. The molecule has 0 aromatic carbocycles. The second kappa shape index (κ2) is 2.69. The molecule has 0 nitrogen and oxygen atoms in total. The third kappa shape index (κ3) is 1.54. The smallest absolute Gasteiger partial charge is 0.171 e. The third-order valence-corrected chi connectivity index (χ3v) is 4.40. The predicted molar refractivity (Wildman–Crippen MR) is 46.9 cm³/mol. The Labute approximate surface area is 85.4 Å². The molecular weight excluding hydrogens is 224 g/mol. The molecule has 0 aromatic heterocycles. The van der Waals surface area contributed by atoms with E-state index in [1.165, 1.54) is 0 Å². The lowest BCUT2D eigenvalue weighted by Gasteiger charge is -2.16. The van der Waals surface area contributed by atoms with Crippen molar-refractivity contribution < 1.29 is 13.2 Å². The molecule has 0 saturated heterocycles. The summed E-state index contributed by atoms with van der Waals surface area (Å²) in [5.41, 5.74) is -0.648. The van der Waals surface area contributed by atoms with Gasteiger partial charge in [-0.05, 0) is 0 Å². The van der Waals surface area contributed by atoms with Crippen LogP contribution in [-0.2, 0) is 0 Å². The lowest BCUT2D eigenvalue weighted by molar-refractivity contribution is -0.177. The summed E-state index contributed by atoms with van der Waals surface area (Å²) in [7, 11) is 0. The van der Waals surface area contributed by atoms with Crippen LogP contribution in [0.1, 0.15) is 20.8 Å². The SMILES string of the molecule is CC(C1C(C)(C)C1(Cl)Cl)C(F)(F)F. The summed E-state index contributed by atoms with van der Waals surface area (Å²) in [6, 6.07) is 0. The minimum absolute atomic E-state index is 0.648. The van der Waals surface area contributed by atoms with Crippen LogP contribution in [-0.4, -0.2) is 10.5 Å². The summed E-state index contributed by atoms with van der Waals surface area (Å²) in [5.74, 6) is -2.15. The fourth-order valence-electron chi connectivity index (χ4n) is 1.82. The summed E-state index contributed by atoms with van der Waals surface area (Å²) in [5, 5.41) is 0. The van der Waals surface area contributed by atoms with Gasteiger partial charge in [0.05, 0.1) is 5.92 Å². The number of alkyl halides is 5. The molecular formula is C8H11Cl2F3. The van der Waals surface area contributed by atoms with Gasteiger partial charge in [-0.3, -0.25) is 0 Å². The average molecular weight is 235 g/mol. The van der Waals surface area contributed by atoms with Crippen LogP contribution in [0.4, 0.5) is 13.2 Å². The van der Waals surface area contributed by atoms with E-state index in [4.69, 9.17) is 23.2 Å². The second-order valence-electron chi connectivity index (χ2n) is 4.15. The molecule has 5 heteroatoms. The van der Waals surface area contributed by atoms with Gasteiger partial charge in [-0.15, -0.1) is 23.2 Å². The maximum atomic E-state index is 12.3. The Morgan fingerprint density at radius 2 is 1.54 bits per heavy atom. The molecule has 2 unspecified atom stereocenters. The fourth-order valence-corrected chi connectivity index (χ4v) is 2.87. The number of hydrogen-bond acceptors (Lipinski definition) is 0. The van der Waals surface area contributed by atoms with Gasteiger partial charge in [-0.1, -0.05) is 20.8 Å². The minimum Gasteiger partial charge on any atom is -0.171 e. The molecule has 0 bridgehead atoms. The number of rotatable bonds is 1. The molecule has 0 amide bonds.